The summed E-state index contributed by atoms with van der Waals surface area (Å²) in [6.07, 6.45) is -8.78. The van der Waals surface area contributed by atoms with Gasteiger partial charge in [-0.15, -0.1) is 0 Å². The van der Waals surface area contributed by atoms with Gasteiger partial charge in [-0.25, -0.2) is 0 Å². The first-order valence-electron chi connectivity index (χ1n) is 8.25. The SMILES string of the molecule is COc1cc(/C=C2\SC(=S)NC2=O)cc(-c2cc(C(F)(F)F)cc(C(F)(F)F)c2)c1O. The second-order valence-electron chi connectivity index (χ2n) is 6.27. The molecule has 31 heavy (non-hydrogen) atoms. The van der Waals surface area contributed by atoms with Crippen molar-refractivity contribution in [2.75, 3.05) is 7.11 Å². The summed E-state index contributed by atoms with van der Waals surface area (Å²) < 4.78 is 84.4. The lowest BCUT2D eigenvalue weighted by Crippen LogP contribution is -2.17. The number of nitrogens with one attached hydrogen (secondary N) is 1. The lowest BCUT2D eigenvalue weighted by atomic mass is 9.96. The van der Waals surface area contributed by atoms with E-state index in [4.69, 9.17) is 17.0 Å². The number of benzene rings is 2. The van der Waals surface area contributed by atoms with Crippen molar-refractivity contribution in [3.63, 3.8) is 0 Å². The molecule has 2 N–H and O–H groups in total. The van der Waals surface area contributed by atoms with E-state index in [9.17, 15) is 36.2 Å². The highest BCUT2D eigenvalue weighted by Crippen LogP contribution is 2.44. The van der Waals surface area contributed by atoms with Crippen LogP contribution in [0, 0.1) is 0 Å². The summed E-state index contributed by atoms with van der Waals surface area (Å²) in [7, 11) is 1.16. The van der Waals surface area contributed by atoms with E-state index in [-0.39, 0.29) is 32.2 Å². The smallest absolute Gasteiger partial charge is 0.416 e. The molecule has 2 aromatic carbocycles. The highest BCUT2D eigenvalue weighted by Gasteiger charge is 2.37. The summed E-state index contributed by atoms with van der Waals surface area (Å²) in [5.41, 5.74) is -3.74. The van der Waals surface area contributed by atoms with Crippen molar-refractivity contribution in [1.29, 1.82) is 0 Å². The number of rotatable bonds is 3. The maximum Gasteiger partial charge on any atom is 0.416 e. The summed E-state index contributed by atoms with van der Waals surface area (Å²) in [5.74, 6) is -1.38. The molecule has 0 bridgehead atoms. The van der Waals surface area contributed by atoms with E-state index in [2.05, 4.69) is 5.32 Å². The van der Waals surface area contributed by atoms with Crippen LogP contribution in [0.25, 0.3) is 17.2 Å². The van der Waals surface area contributed by atoms with E-state index in [1.807, 2.05) is 0 Å². The van der Waals surface area contributed by atoms with Gasteiger partial charge in [0.2, 0.25) is 0 Å². The predicted molar refractivity (Wildman–Crippen MR) is 106 cm³/mol. The topological polar surface area (TPSA) is 58.6 Å². The van der Waals surface area contributed by atoms with Crippen LogP contribution in [0.4, 0.5) is 26.3 Å². The summed E-state index contributed by atoms with van der Waals surface area (Å²) in [4.78, 5) is 12.0. The van der Waals surface area contributed by atoms with Crippen LogP contribution in [0.2, 0.25) is 0 Å². The first kappa shape index (κ1) is 22.9. The Morgan fingerprint density at radius 1 is 1.03 bits per heavy atom. The zero-order valence-corrected chi connectivity index (χ0v) is 16.9. The van der Waals surface area contributed by atoms with E-state index < -0.39 is 40.7 Å². The molecule has 0 aromatic heterocycles. The molecule has 0 spiro atoms. The number of aromatic hydroxyl groups is 1. The minimum Gasteiger partial charge on any atom is -0.504 e. The molecule has 1 amide bonds. The van der Waals surface area contributed by atoms with E-state index in [0.717, 1.165) is 24.9 Å². The Bertz CT molecular complexity index is 1080. The number of carbonyl (C=O) groups is 1. The van der Waals surface area contributed by atoms with Gasteiger partial charge in [-0.05, 0) is 47.5 Å². The average molecular weight is 479 g/mol. The van der Waals surface area contributed by atoms with Gasteiger partial charge in [-0.2, -0.15) is 26.3 Å². The third-order valence-corrected chi connectivity index (χ3v) is 5.32. The highest BCUT2D eigenvalue weighted by atomic mass is 32.2. The average Bonchev–Trinajstić information content (AvgIpc) is 2.98. The largest absolute Gasteiger partial charge is 0.504 e. The maximum absolute atomic E-state index is 13.2. The molecule has 3 rings (SSSR count). The van der Waals surface area contributed by atoms with Crippen molar-refractivity contribution in [2.45, 2.75) is 12.4 Å². The quantitative estimate of drug-likeness (QED) is 0.341. The Labute approximate surface area is 180 Å². The molecule has 2 aromatic rings. The van der Waals surface area contributed by atoms with E-state index in [1.54, 1.807) is 0 Å². The van der Waals surface area contributed by atoms with Gasteiger partial charge >= 0.3 is 12.4 Å². The van der Waals surface area contributed by atoms with Crippen molar-refractivity contribution in [2.24, 2.45) is 0 Å². The van der Waals surface area contributed by atoms with Crippen LogP contribution in [0.5, 0.6) is 11.5 Å². The third kappa shape index (κ3) is 4.96. The summed E-state index contributed by atoms with van der Waals surface area (Å²) in [6.45, 7) is 0. The number of amides is 1. The van der Waals surface area contributed by atoms with Crippen molar-refractivity contribution in [3.8, 4) is 22.6 Å². The van der Waals surface area contributed by atoms with Crippen molar-refractivity contribution >= 4 is 40.3 Å². The molecule has 1 saturated heterocycles. The molecule has 164 valence electrons. The Morgan fingerprint density at radius 2 is 1.61 bits per heavy atom. The minimum atomic E-state index is -5.05. The predicted octanol–water partition coefficient (Wildman–Crippen LogP) is 5.59. The van der Waals surface area contributed by atoms with Crippen LogP contribution in [0.1, 0.15) is 16.7 Å². The molecule has 1 aliphatic rings. The number of carbonyl (C=O) groups excluding carboxylic acids is 1. The third-order valence-electron chi connectivity index (χ3n) is 4.16. The Morgan fingerprint density at radius 3 is 2.06 bits per heavy atom. The van der Waals surface area contributed by atoms with Gasteiger partial charge in [-0.3, -0.25) is 4.79 Å². The molecule has 0 radical (unpaired) electrons. The molecule has 12 heteroatoms. The molecular weight excluding hydrogens is 468 g/mol. The van der Waals surface area contributed by atoms with E-state index >= 15 is 0 Å². The number of hydrogen-bond donors (Lipinski definition) is 2. The normalized spacial score (nSPS) is 16.0. The number of phenols is 1. The summed E-state index contributed by atoms with van der Waals surface area (Å²) >= 11 is 5.80. The van der Waals surface area contributed by atoms with Crippen molar-refractivity contribution in [1.82, 2.24) is 5.32 Å². The fourth-order valence-electron chi connectivity index (χ4n) is 2.77. The van der Waals surface area contributed by atoms with Gasteiger partial charge in [0.15, 0.2) is 11.5 Å². The summed E-state index contributed by atoms with van der Waals surface area (Å²) in [5, 5.41) is 12.8. The van der Waals surface area contributed by atoms with Crippen LogP contribution in [-0.2, 0) is 17.1 Å². The molecule has 1 heterocycles. The number of thioether (sulfide) groups is 1. The van der Waals surface area contributed by atoms with Gasteiger partial charge < -0.3 is 15.2 Å². The first-order valence-corrected chi connectivity index (χ1v) is 9.48. The second kappa shape index (κ2) is 8.08. The van der Waals surface area contributed by atoms with Crippen LogP contribution in [0.15, 0.2) is 35.2 Å². The van der Waals surface area contributed by atoms with Gasteiger partial charge in [0, 0.05) is 5.56 Å². The van der Waals surface area contributed by atoms with Crippen molar-refractivity contribution in [3.05, 3.63) is 51.9 Å². The van der Waals surface area contributed by atoms with Gasteiger partial charge in [0.25, 0.3) is 5.91 Å². The number of phenolic OH excluding ortho intramolecular Hbond substituents is 1. The Balaban J connectivity index is 2.24. The zero-order chi connectivity index (χ0) is 23.1. The first-order chi connectivity index (χ1) is 14.3. The standard InChI is InChI=1S/C19H11F6NO3S2/c1-29-13-3-8(4-14-16(28)26-17(30)31-14)2-12(15(13)27)9-5-10(18(20,21)22)7-11(6-9)19(23,24)25/h2-7,27H,1H3,(H,26,28,30)/b14-4-. The van der Waals surface area contributed by atoms with Crippen LogP contribution in [-0.4, -0.2) is 22.4 Å². The molecule has 0 atom stereocenters. The number of halogens is 6. The lowest BCUT2D eigenvalue weighted by molar-refractivity contribution is -0.143. The fourth-order valence-corrected chi connectivity index (χ4v) is 3.82. The van der Waals surface area contributed by atoms with Crippen molar-refractivity contribution < 1.29 is 41.0 Å². The lowest BCUT2D eigenvalue weighted by Gasteiger charge is -2.16. The van der Waals surface area contributed by atoms with E-state index in [1.165, 1.54) is 12.1 Å². The second-order valence-corrected chi connectivity index (χ2v) is 7.98. The summed E-state index contributed by atoms with van der Waals surface area (Å²) in [6, 6.07) is 3.40. The fraction of sp³-hybridized carbons (Fsp3) is 0.158. The van der Waals surface area contributed by atoms with Gasteiger partial charge in [0.1, 0.15) is 4.32 Å². The molecule has 1 fully saturated rings. The van der Waals surface area contributed by atoms with Crippen LogP contribution < -0.4 is 10.1 Å². The molecule has 1 aliphatic heterocycles. The van der Waals surface area contributed by atoms with E-state index in [0.29, 0.717) is 12.1 Å². The number of alkyl halides is 6. The molecule has 4 nitrogen and oxygen atoms in total. The number of hydrogen-bond acceptors (Lipinski definition) is 5. The molecule has 0 aliphatic carbocycles. The van der Waals surface area contributed by atoms with Gasteiger partial charge in [-0.1, -0.05) is 24.0 Å². The highest BCUT2D eigenvalue weighted by molar-refractivity contribution is 8.26. The van der Waals surface area contributed by atoms with Crippen LogP contribution in [0.3, 0.4) is 0 Å². The minimum absolute atomic E-state index is 0.00986. The molecule has 0 saturated carbocycles. The number of methoxy groups -OCH3 is 1. The molecular formula is C19H11F6NO3S2. The maximum atomic E-state index is 13.2. The monoisotopic (exact) mass is 479 g/mol. The molecule has 0 unspecified atom stereocenters. The van der Waals surface area contributed by atoms with Gasteiger partial charge in [0.05, 0.1) is 23.1 Å². The Hall–Kier alpha value is -2.73. The Kier molecular flexibility index (Phi) is 5.98. The number of thiocarbonyl (C=S) groups is 1. The zero-order valence-electron chi connectivity index (χ0n) is 15.3. The van der Waals surface area contributed by atoms with Crippen LogP contribution >= 0.6 is 24.0 Å². The number of ether oxygens (including phenoxy) is 1.